The topological polar surface area (TPSA) is 46.6 Å². The van der Waals surface area contributed by atoms with Gasteiger partial charge in [0.2, 0.25) is 11.8 Å². The number of carbonyl (C=O) groups is 2. The van der Waals surface area contributed by atoms with Gasteiger partial charge in [0.1, 0.15) is 5.75 Å². The van der Waals surface area contributed by atoms with Crippen LogP contribution >= 0.6 is 15.9 Å². The fourth-order valence-corrected chi connectivity index (χ4v) is 3.16. The van der Waals surface area contributed by atoms with Crippen LogP contribution in [0.4, 0.5) is 0 Å². The van der Waals surface area contributed by atoms with E-state index in [1.807, 2.05) is 12.1 Å². The van der Waals surface area contributed by atoms with Crippen LogP contribution in [-0.2, 0) is 22.6 Å². The molecular formula is C14H14BrNO3. The van der Waals surface area contributed by atoms with Gasteiger partial charge in [0.25, 0.3) is 0 Å². The highest BCUT2D eigenvalue weighted by Gasteiger charge is 2.28. The van der Waals surface area contributed by atoms with E-state index in [2.05, 4.69) is 15.9 Å². The minimum absolute atomic E-state index is 0.0806. The molecule has 5 heteroatoms. The Labute approximate surface area is 119 Å². The van der Waals surface area contributed by atoms with E-state index in [0.29, 0.717) is 32.4 Å². The number of likely N-dealkylation sites (tertiary alicyclic amines) is 1. The molecule has 0 unspecified atom stereocenters. The smallest absolute Gasteiger partial charge is 0.229 e. The minimum atomic E-state index is -0.0806. The quantitative estimate of drug-likeness (QED) is 0.785. The maximum absolute atomic E-state index is 11.8. The zero-order chi connectivity index (χ0) is 13.4. The van der Waals surface area contributed by atoms with Crippen LogP contribution in [0, 0.1) is 0 Å². The molecule has 3 rings (SSSR count). The van der Waals surface area contributed by atoms with Gasteiger partial charge in [-0.15, -0.1) is 0 Å². The first-order chi connectivity index (χ1) is 9.15. The average molecular weight is 324 g/mol. The van der Waals surface area contributed by atoms with Gasteiger partial charge in [-0.3, -0.25) is 14.5 Å². The first-order valence-corrected chi connectivity index (χ1v) is 7.22. The molecule has 0 aromatic heterocycles. The highest BCUT2D eigenvalue weighted by Crippen LogP contribution is 2.34. The lowest BCUT2D eigenvalue weighted by Gasteiger charge is -2.25. The molecule has 0 bridgehead atoms. The van der Waals surface area contributed by atoms with Gasteiger partial charge in [-0.2, -0.15) is 0 Å². The Morgan fingerprint density at radius 3 is 2.63 bits per heavy atom. The van der Waals surface area contributed by atoms with Crippen LogP contribution in [0.15, 0.2) is 16.6 Å². The number of amides is 2. The Balaban J connectivity index is 1.91. The number of hydrogen-bond donors (Lipinski definition) is 0. The summed E-state index contributed by atoms with van der Waals surface area (Å²) in [6, 6.07) is 3.96. The number of benzene rings is 1. The van der Waals surface area contributed by atoms with Crippen LogP contribution in [0.25, 0.3) is 0 Å². The van der Waals surface area contributed by atoms with E-state index < -0.39 is 0 Å². The number of ether oxygens (including phenoxy) is 1. The summed E-state index contributed by atoms with van der Waals surface area (Å²) in [5.41, 5.74) is 2.05. The van der Waals surface area contributed by atoms with Gasteiger partial charge in [0.05, 0.1) is 13.2 Å². The molecule has 0 radical (unpaired) electrons. The van der Waals surface area contributed by atoms with E-state index in [1.54, 1.807) is 0 Å². The summed E-state index contributed by atoms with van der Waals surface area (Å²) in [6.07, 6.45) is 2.47. The van der Waals surface area contributed by atoms with Crippen molar-refractivity contribution < 1.29 is 14.3 Å². The summed E-state index contributed by atoms with van der Waals surface area (Å²) in [4.78, 5) is 25.0. The SMILES string of the molecule is O=C1CCCC(=O)N1Cc1cc(Br)cc2c1OCC2. The first-order valence-electron chi connectivity index (χ1n) is 6.42. The van der Waals surface area contributed by atoms with Crippen molar-refractivity contribution in [3.63, 3.8) is 0 Å². The molecular weight excluding hydrogens is 310 g/mol. The van der Waals surface area contributed by atoms with Gasteiger partial charge < -0.3 is 4.74 Å². The molecule has 0 saturated carbocycles. The number of rotatable bonds is 2. The number of imide groups is 1. The summed E-state index contributed by atoms with van der Waals surface area (Å²) < 4.78 is 6.59. The summed E-state index contributed by atoms with van der Waals surface area (Å²) in [6.45, 7) is 0.986. The van der Waals surface area contributed by atoms with Crippen LogP contribution in [0.1, 0.15) is 30.4 Å². The molecule has 0 N–H and O–H groups in total. The van der Waals surface area contributed by atoms with Crippen molar-refractivity contribution in [2.45, 2.75) is 32.2 Å². The molecule has 1 saturated heterocycles. The van der Waals surface area contributed by atoms with Crippen LogP contribution in [0.2, 0.25) is 0 Å². The molecule has 2 amide bonds. The van der Waals surface area contributed by atoms with Crippen molar-refractivity contribution in [3.05, 3.63) is 27.7 Å². The number of halogens is 1. The van der Waals surface area contributed by atoms with Crippen LogP contribution < -0.4 is 4.74 Å². The Bertz CT molecular complexity index is 540. The van der Waals surface area contributed by atoms with E-state index in [0.717, 1.165) is 27.8 Å². The lowest BCUT2D eigenvalue weighted by atomic mass is 10.1. The van der Waals surface area contributed by atoms with Crippen molar-refractivity contribution in [1.29, 1.82) is 0 Å². The molecule has 1 fully saturated rings. The number of fused-ring (bicyclic) bond motifs is 1. The van der Waals surface area contributed by atoms with Crippen LogP contribution in [-0.4, -0.2) is 23.3 Å². The third-order valence-electron chi connectivity index (χ3n) is 3.54. The fraction of sp³-hybridized carbons (Fsp3) is 0.429. The molecule has 2 heterocycles. The molecule has 0 atom stereocenters. The highest BCUT2D eigenvalue weighted by molar-refractivity contribution is 9.10. The Hall–Kier alpha value is -1.36. The zero-order valence-electron chi connectivity index (χ0n) is 10.4. The second kappa shape index (κ2) is 4.96. The first kappa shape index (κ1) is 12.7. The van der Waals surface area contributed by atoms with Crippen molar-refractivity contribution in [2.75, 3.05) is 6.61 Å². The summed E-state index contributed by atoms with van der Waals surface area (Å²) in [7, 11) is 0. The molecule has 0 aliphatic carbocycles. The van der Waals surface area contributed by atoms with Gasteiger partial charge in [-0.05, 0) is 24.1 Å². The Morgan fingerprint density at radius 1 is 1.16 bits per heavy atom. The van der Waals surface area contributed by atoms with E-state index in [4.69, 9.17) is 4.74 Å². The fourth-order valence-electron chi connectivity index (χ4n) is 2.61. The Morgan fingerprint density at radius 2 is 1.89 bits per heavy atom. The van der Waals surface area contributed by atoms with Crippen molar-refractivity contribution >= 4 is 27.7 Å². The van der Waals surface area contributed by atoms with Gasteiger partial charge in [0, 0.05) is 29.3 Å². The van der Waals surface area contributed by atoms with E-state index >= 15 is 0 Å². The molecule has 19 heavy (non-hydrogen) atoms. The van der Waals surface area contributed by atoms with E-state index in [9.17, 15) is 9.59 Å². The van der Waals surface area contributed by atoms with Gasteiger partial charge in [-0.1, -0.05) is 15.9 Å². The molecule has 2 aliphatic rings. The number of piperidine rings is 1. The predicted octanol–water partition coefficient (Wildman–Crippen LogP) is 2.42. The highest BCUT2D eigenvalue weighted by atomic mass is 79.9. The van der Waals surface area contributed by atoms with Crippen molar-refractivity contribution in [3.8, 4) is 5.75 Å². The molecule has 4 nitrogen and oxygen atoms in total. The number of carbonyl (C=O) groups excluding carboxylic acids is 2. The number of hydrogen-bond acceptors (Lipinski definition) is 3. The largest absolute Gasteiger partial charge is 0.493 e. The molecule has 0 spiro atoms. The summed E-state index contributed by atoms with van der Waals surface area (Å²) in [5, 5.41) is 0. The van der Waals surface area contributed by atoms with Crippen molar-refractivity contribution in [2.24, 2.45) is 0 Å². The molecule has 100 valence electrons. The normalized spacial score (nSPS) is 18.5. The molecule has 2 aliphatic heterocycles. The third-order valence-corrected chi connectivity index (χ3v) is 4.00. The third kappa shape index (κ3) is 2.39. The van der Waals surface area contributed by atoms with Crippen molar-refractivity contribution in [1.82, 2.24) is 4.90 Å². The summed E-state index contributed by atoms with van der Waals surface area (Å²) >= 11 is 3.47. The maximum atomic E-state index is 11.8. The maximum Gasteiger partial charge on any atom is 0.229 e. The second-order valence-corrected chi connectivity index (χ2v) is 5.79. The zero-order valence-corrected chi connectivity index (χ0v) is 12.0. The molecule has 1 aromatic carbocycles. The Kier molecular flexibility index (Phi) is 3.31. The van der Waals surface area contributed by atoms with E-state index in [1.165, 1.54) is 4.90 Å². The minimum Gasteiger partial charge on any atom is -0.493 e. The van der Waals surface area contributed by atoms with Gasteiger partial charge in [-0.25, -0.2) is 0 Å². The van der Waals surface area contributed by atoms with E-state index in [-0.39, 0.29) is 11.8 Å². The standard InChI is InChI=1S/C14H14BrNO3/c15-11-6-9-4-5-19-14(9)10(7-11)8-16-12(17)2-1-3-13(16)18/h6-7H,1-5,8H2. The monoisotopic (exact) mass is 323 g/mol. The number of nitrogens with zero attached hydrogens (tertiary/aromatic N) is 1. The van der Waals surface area contributed by atoms with Gasteiger partial charge >= 0.3 is 0 Å². The summed E-state index contributed by atoms with van der Waals surface area (Å²) in [5.74, 6) is 0.681. The van der Waals surface area contributed by atoms with Crippen LogP contribution in [0.3, 0.4) is 0 Å². The molecule has 1 aromatic rings. The van der Waals surface area contributed by atoms with Gasteiger partial charge in [0.15, 0.2) is 0 Å². The lowest BCUT2D eigenvalue weighted by molar-refractivity contribution is -0.148. The second-order valence-electron chi connectivity index (χ2n) is 4.88. The predicted molar refractivity (Wildman–Crippen MR) is 72.7 cm³/mol. The average Bonchev–Trinajstić information content (AvgIpc) is 2.81. The lowest BCUT2D eigenvalue weighted by Crippen LogP contribution is -2.39. The van der Waals surface area contributed by atoms with Crippen LogP contribution in [0.5, 0.6) is 5.75 Å².